The van der Waals surface area contributed by atoms with Crippen LogP contribution in [0.2, 0.25) is 0 Å². The molecule has 0 fully saturated rings. The molecule has 6 nitrogen and oxygen atoms in total. The fraction of sp³-hybridized carbons (Fsp3) is 0.364. The van der Waals surface area contributed by atoms with Crippen molar-refractivity contribution < 1.29 is 9.59 Å². The summed E-state index contributed by atoms with van der Waals surface area (Å²) in [4.78, 5) is 26.5. The van der Waals surface area contributed by atoms with E-state index < -0.39 is 0 Å². The summed E-state index contributed by atoms with van der Waals surface area (Å²) in [6.45, 7) is 2.72. The Morgan fingerprint density at radius 3 is 2.65 bits per heavy atom. The first-order valence-electron chi connectivity index (χ1n) is 5.36. The van der Waals surface area contributed by atoms with Gasteiger partial charge in [0, 0.05) is 13.6 Å². The van der Waals surface area contributed by atoms with E-state index in [1.165, 1.54) is 7.05 Å². The summed E-state index contributed by atoms with van der Waals surface area (Å²) >= 11 is 0. The topological polar surface area (TPSA) is 83.1 Å². The second kappa shape index (κ2) is 6.47. The Hall–Kier alpha value is -2.11. The first-order chi connectivity index (χ1) is 8.17. The van der Waals surface area contributed by atoms with Gasteiger partial charge in [-0.15, -0.1) is 0 Å². The van der Waals surface area contributed by atoms with Gasteiger partial charge in [0.1, 0.15) is 5.69 Å². The van der Waals surface area contributed by atoms with Crippen molar-refractivity contribution in [1.29, 1.82) is 0 Å². The molecule has 0 aliphatic rings. The zero-order chi connectivity index (χ0) is 12.7. The monoisotopic (exact) mass is 236 g/mol. The van der Waals surface area contributed by atoms with Gasteiger partial charge < -0.3 is 16.0 Å². The number of nitrogens with zero attached hydrogens (tertiary/aromatic N) is 1. The molecule has 0 saturated heterocycles. The summed E-state index contributed by atoms with van der Waals surface area (Å²) in [6, 6.07) is 3.38. The van der Waals surface area contributed by atoms with Crippen LogP contribution in [0.25, 0.3) is 0 Å². The molecule has 1 aromatic rings. The number of amides is 2. The summed E-state index contributed by atoms with van der Waals surface area (Å²) in [5, 5.41) is 7.96. The van der Waals surface area contributed by atoms with Crippen molar-refractivity contribution in [3.05, 3.63) is 24.0 Å². The van der Waals surface area contributed by atoms with Gasteiger partial charge in [0.2, 0.25) is 5.91 Å². The molecular weight excluding hydrogens is 220 g/mol. The van der Waals surface area contributed by atoms with Crippen LogP contribution in [-0.4, -0.2) is 36.9 Å². The molecule has 0 aliphatic heterocycles. The number of pyridine rings is 1. The Labute approximate surface area is 99.8 Å². The first-order valence-corrected chi connectivity index (χ1v) is 5.36. The molecule has 6 heteroatoms. The summed E-state index contributed by atoms with van der Waals surface area (Å²) in [6.07, 6.45) is 1.58. The number of anilines is 1. The highest BCUT2D eigenvalue weighted by atomic mass is 16.2. The summed E-state index contributed by atoms with van der Waals surface area (Å²) in [5.74, 6) is -0.612. The summed E-state index contributed by atoms with van der Waals surface area (Å²) < 4.78 is 0. The maximum atomic E-state index is 11.6. The van der Waals surface area contributed by atoms with Crippen molar-refractivity contribution in [2.45, 2.75) is 6.92 Å². The maximum Gasteiger partial charge on any atom is 0.270 e. The standard InChI is InChI=1S/C11H16N4O2/c1-3-13-8-4-5-9(14-6-8)11(17)15-7-10(16)12-2/h4-6,13H,3,7H2,1-2H3,(H,12,16)(H,15,17). The van der Waals surface area contributed by atoms with Gasteiger partial charge in [-0.25, -0.2) is 4.98 Å². The van der Waals surface area contributed by atoms with E-state index in [1.807, 2.05) is 6.92 Å². The number of carbonyl (C=O) groups excluding carboxylic acids is 2. The van der Waals surface area contributed by atoms with Crippen LogP contribution in [0.1, 0.15) is 17.4 Å². The minimum Gasteiger partial charge on any atom is -0.384 e. The van der Waals surface area contributed by atoms with Crippen LogP contribution >= 0.6 is 0 Å². The van der Waals surface area contributed by atoms with Crippen LogP contribution in [0.15, 0.2) is 18.3 Å². The molecule has 0 radical (unpaired) electrons. The zero-order valence-electron chi connectivity index (χ0n) is 9.91. The molecule has 1 heterocycles. The molecule has 3 N–H and O–H groups in total. The van der Waals surface area contributed by atoms with Crippen molar-refractivity contribution in [2.75, 3.05) is 25.5 Å². The van der Waals surface area contributed by atoms with Crippen molar-refractivity contribution in [2.24, 2.45) is 0 Å². The van der Waals surface area contributed by atoms with Gasteiger partial charge in [0.05, 0.1) is 18.4 Å². The normalized spacial score (nSPS) is 9.53. The van der Waals surface area contributed by atoms with Crippen LogP contribution in [0.4, 0.5) is 5.69 Å². The maximum absolute atomic E-state index is 11.6. The lowest BCUT2D eigenvalue weighted by atomic mass is 10.3. The second-order valence-corrected chi connectivity index (χ2v) is 3.32. The lowest BCUT2D eigenvalue weighted by Crippen LogP contribution is -2.35. The van der Waals surface area contributed by atoms with Gasteiger partial charge in [0.15, 0.2) is 0 Å². The van der Waals surface area contributed by atoms with Crippen molar-refractivity contribution >= 4 is 17.5 Å². The number of hydrogen-bond acceptors (Lipinski definition) is 4. The molecule has 0 aromatic carbocycles. The number of rotatable bonds is 5. The molecule has 0 spiro atoms. The highest BCUT2D eigenvalue weighted by molar-refractivity contribution is 5.94. The lowest BCUT2D eigenvalue weighted by molar-refractivity contribution is -0.119. The molecule has 0 saturated carbocycles. The third-order valence-corrected chi connectivity index (χ3v) is 2.07. The van der Waals surface area contributed by atoms with Crippen molar-refractivity contribution in [3.63, 3.8) is 0 Å². The van der Waals surface area contributed by atoms with E-state index in [-0.39, 0.29) is 24.1 Å². The average Bonchev–Trinajstić information content (AvgIpc) is 2.36. The third kappa shape index (κ3) is 4.10. The van der Waals surface area contributed by atoms with Gasteiger partial charge in [-0.2, -0.15) is 0 Å². The number of aromatic nitrogens is 1. The smallest absolute Gasteiger partial charge is 0.270 e. The predicted octanol–water partition coefficient (Wildman–Crippen LogP) is -0.0108. The van der Waals surface area contributed by atoms with E-state index >= 15 is 0 Å². The number of likely N-dealkylation sites (N-methyl/N-ethyl adjacent to an activating group) is 1. The van der Waals surface area contributed by atoms with Gasteiger partial charge in [-0.3, -0.25) is 9.59 Å². The fourth-order valence-corrected chi connectivity index (χ4v) is 1.18. The second-order valence-electron chi connectivity index (χ2n) is 3.32. The molecular formula is C11H16N4O2. The molecule has 0 bridgehead atoms. The molecule has 1 aromatic heterocycles. The molecule has 92 valence electrons. The number of nitrogens with one attached hydrogen (secondary N) is 3. The zero-order valence-corrected chi connectivity index (χ0v) is 9.91. The minimum atomic E-state index is -0.364. The summed E-state index contributed by atoms with van der Waals surface area (Å²) in [7, 11) is 1.51. The Morgan fingerprint density at radius 1 is 1.35 bits per heavy atom. The quantitative estimate of drug-likeness (QED) is 0.671. The van der Waals surface area contributed by atoms with E-state index in [9.17, 15) is 9.59 Å². The Bertz CT molecular complexity index is 389. The largest absolute Gasteiger partial charge is 0.384 e. The molecule has 0 atom stereocenters. The van der Waals surface area contributed by atoms with Crippen LogP contribution in [0, 0.1) is 0 Å². The first kappa shape index (κ1) is 13.0. The Morgan fingerprint density at radius 2 is 2.12 bits per heavy atom. The van der Waals surface area contributed by atoms with Gasteiger partial charge in [-0.1, -0.05) is 0 Å². The Balaban J connectivity index is 2.54. The highest BCUT2D eigenvalue weighted by Crippen LogP contribution is 2.05. The third-order valence-electron chi connectivity index (χ3n) is 2.07. The van der Waals surface area contributed by atoms with Crippen LogP contribution in [0.5, 0.6) is 0 Å². The summed E-state index contributed by atoms with van der Waals surface area (Å²) in [5.41, 5.74) is 1.14. The van der Waals surface area contributed by atoms with Crippen LogP contribution in [0.3, 0.4) is 0 Å². The van der Waals surface area contributed by atoms with Crippen LogP contribution < -0.4 is 16.0 Å². The van der Waals surface area contributed by atoms with E-state index in [0.717, 1.165) is 12.2 Å². The lowest BCUT2D eigenvalue weighted by Gasteiger charge is -2.05. The SMILES string of the molecule is CCNc1ccc(C(=O)NCC(=O)NC)nc1. The van der Waals surface area contributed by atoms with E-state index in [0.29, 0.717) is 0 Å². The molecule has 0 aliphatic carbocycles. The molecule has 0 unspecified atom stereocenters. The highest BCUT2D eigenvalue weighted by Gasteiger charge is 2.07. The van der Waals surface area contributed by atoms with Crippen LogP contribution in [-0.2, 0) is 4.79 Å². The Kier molecular flexibility index (Phi) is 4.93. The predicted molar refractivity (Wildman–Crippen MR) is 64.8 cm³/mol. The minimum absolute atomic E-state index is 0.0496. The fourth-order valence-electron chi connectivity index (χ4n) is 1.18. The van der Waals surface area contributed by atoms with E-state index in [2.05, 4.69) is 20.9 Å². The van der Waals surface area contributed by atoms with Crippen molar-refractivity contribution in [3.8, 4) is 0 Å². The number of carbonyl (C=O) groups is 2. The van der Waals surface area contributed by atoms with Gasteiger partial charge in [-0.05, 0) is 19.1 Å². The average molecular weight is 236 g/mol. The molecule has 17 heavy (non-hydrogen) atoms. The van der Waals surface area contributed by atoms with E-state index in [4.69, 9.17) is 0 Å². The van der Waals surface area contributed by atoms with Gasteiger partial charge in [0.25, 0.3) is 5.91 Å². The molecule has 1 rings (SSSR count). The number of hydrogen-bond donors (Lipinski definition) is 3. The van der Waals surface area contributed by atoms with Gasteiger partial charge >= 0.3 is 0 Å². The van der Waals surface area contributed by atoms with Crippen molar-refractivity contribution in [1.82, 2.24) is 15.6 Å². The molecule has 2 amide bonds. The van der Waals surface area contributed by atoms with E-state index in [1.54, 1.807) is 18.3 Å².